The fourth-order valence-corrected chi connectivity index (χ4v) is 5.77. The maximum absolute atomic E-state index is 12.1. The van der Waals surface area contributed by atoms with E-state index in [9.17, 15) is 15.0 Å². The van der Waals surface area contributed by atoms with Crippen LogP contribution in [0.3, 0.4) is 0 Å². The lowest BCUT2D eigenvalue weighted by atomic mass is 9.80. The molecular formula is C29H37N7O4. The first-order valence-electron chi connectivity index (χ1n) is 13.9. The minimum Gasteiger partial charge on any atom is -0.449 e. The van der Waals surface area contributed by atoms with E-state index >= 15 is 0 Å². The molecule has 3 heterocycles. The lowest BCUT2D eigenvalue weighted by Gasteiger charge is -2.28. The topological polar surface area (TPSA) is 161 Å². The zero-order valence-corrected chi connectivity index (χ0v) is 23.0. The Morgan fingerprint density at radius 1 is 1.20 bits per heavy atom. The number of carbonyl (C=O) groups is 1. The Kier molecular flexibility index (Phi) is 8.13. The van der Waals surface area contributed by atoms with E-state index in [-0.39, 0.29) is 11.9 Å². The summed E-state index contributed by atoms with van der Waals surface area (Å²) >= 11 is 0. The summed E-state index contributed by atoms with van der Waals surface area (Å²) in [7, 11) is 0. The van der Waals surface area contributed by atoms with Gasteiger partial charge in [0, 0.05) is 16.9 Å². The summed E-state index contributed by atoms with van der Waals surface area (Å²) < 4.78 is 6.68. The van der Waals surface area contributed by atoms with Crippen molar-refractivity contribution in [2.75, 3.05) is 17.7 Å². The van der Waals surface area contributed by atoms with Crippen LogP contribution >= 0.6 is 0 Å². The van der Waals surface area contributed by atoms with E-state index in [1.54, 1.807) is 12.3 Å². The number of nitrogens with one attached hydrogen (secondary N) is 1. The lowest BCUT2D eigenvalue weighted by Crippen LogP contribution is -2.34. The van der Waals surface area contributed by atoms with Gasteiger partial charge in [0.05, 0.1) is 30.5 Å². The highest BCUT2D eigenvalue weighted by atomic mass is 16.5. The van der Waals surface area contributed by atoms with Crippen LogP contribution in [0.4, 0.5) is 16.6 Å². The maximum atomic E-state index is 12.1. The Morgan fingerprint density at radius 2 is 2.02 bits per heavy atom. The van der Waals surface area contributed by atoms with Crippen molar-refractivity contribution in [2.45, 2.75) is 76.9 Å². The normalized spacial score (nSPS) is 22.6. The number of nitrogens with two attached hydrogens (primary N) is 1. The number of aliphatic hydroxyl groups excluding tert-OH is 2. The third-order valence-corrected chi connectivity index (χ3v) is 8.07. The van der Waals surface area contributed by atoms with E-state index in [0.29, 0.717) is 24.5 Å². The molecule has 1 aliphatic carbocycles. The van der Waals surface area contributed by atoms with Gasteiger partial charge >= 0.3 is 6.09 Å². The Morgan fingerprint density at radius 3 is 2.85 bits per heavy atom. The highest BCUT2D eigenvalue weighted by Crippen LogP contribution is 2.50. The quantitative estimate of drug-likeness (QED) is 0.213. The zero-order chi connectivity index (χ0) is 28.3. The predicted molar refractivity (Wildman–Crippen MR) is 152 cm³/mol. The molecule has 4 aromatic rings. The molecule has 0 unspecified atom stereocenters. The summed E-state index contributed by atoms with van der Waals surface area (Å²) in [6, 6.07) is 9.82. The van der Waals surface area contributed by atoms with Crippen molar-refractivity contribution in [1.82, 2.24) is 24.6 Å². The molecule has 5 N–H and O–H groups in total. The highest BCUT2D eigenvalue weighted by Gasteiger charge is 2.50. The molecule has 0 saturated heterocycles. The van der Waals surface area contributed by atoms with Gasteiger partial charge in [0.2, 0.25) is 5.95 Å². The standard InChI is InChI=1S/C29H37N7O4/c1-3-4-5-13-40-28(39)35-23-11-10-19-9-8-18(14-22(19)34-23)7-6-12-29(2)15-20(24(37)25(29)38)21-16-33-36-26(21)31-17-32-27(36)30/h8-11,14,16-17,20,24-25,37-38H,3-7,12-13,15H2,1-2H3,(H2,30,31,32)(H,34,35,39)/t20-,24-,25-,29-/m0/s1. The maximum Gasteiger partial charge on any atom is 0.412 e. The number of nitrogen functional groups attached to an aromatic ring is 1. The van der Waals surface area contributed by atoms with Crippen LogP contribution in [0.15, 0.2) is 42.9 Å². The SMILES string of the molecule is CCCCCOC(=O)Nc1ccc2ccc(CCC[C@@]3(C)C[C@@H](c4cnn5c(N)ncnc45)[C@H](O)[C@@H]3O)cc2n1. The number of nitrogens with zero attached hydrogens (tertiary/aromatic N) is 5. The molecule has 3 aromatic heterocycles. The molecule has 212 valence electrons. The van der Waals surface area contributed by atoms with Crippen LogP contribution < -0.4 is 11.1 Å². The van der Waals surface area contributed by atoms with Crippen molar-refractivity contribution in [3.8, 4) is 0 Å². The van der Waals surface area contributed by atoms with Crippen molar-refractivity contribution in [3.05, 3.63) is 54.0 Å². The Bertz CT molecular complexity index is 1490. The van der Waals surface area contributed by atoms with E-state index in [2.05, 4.69) is 38.4 Å². The average molecular weight is 548 g/mol. The van der Waals surface area contributed by atoms with Crippen LogP contribution in [0.2, 0.25) is 0 Å². The molecule has 1 aromatic carbocycles. The Labute approximate surface area is 232 Å². The summed E-state index contributed by atoms with van der Waals surface area (Å²) in [6.07, 6.45) is 6.62. The smallest absolute Gasteiger partial charge is 0.412 e. The van der Waals surface area contributed by atoms with Gasteiger partial charge in [-0.15, -0.1) is 0 Å². The van der Waals surface area contributed by atoms with Crippen molar-refractivity contribution < 1.29 is 19.7 Å². The van der Waals surface area contributed by atoms with Gasteiger partial charge in [-0.3, -0.25) is 5.32 Å². The Balaban J connectivity index is 1.21. The van der Waals surface area contributed by atoms with E-state index < -0.39 is 23.7 Å². The molecule has 0 spiro atoms. The van der Waals surface area contributed by atoms with Crippen LogP contribution in [0.5, 0.6) is 0 Å². The first-order valence-corrected chi connectivity index (χ1v) is 13.9. The third kappa shape index (κ3) is 5.71. The highest BCUT2D eigenvalue weighted by molar-refractivity contribution is 5.87. The van der Waals surface area contributed by atoms with Crippen molar-refractivity contribution in [1.29, 1.82) is 0 Å². The molecule has 0 radical (unpaired) electrons. The second-order valence-corrected chi connectivity index (χ2v) is 11.0. The summed E-state index contributed by atoms with van der Waals surface area (Å²) in [5, 5.41) is 30.0. The van der Waals surface area contributed by atoms with Crippen LogP contribution in [-0.2, 0) is 11.2 Å². The number of rotatable bonds is 10. The summed E-state index contributed by atoms with van der Waals surface area (Å²) in [5.74, 6) is 0.370. The number of unbranched alkanes of at least 4 members (excludes halogenated alkanes) is 2. The molecule has 11 nitrogen and oxygen atoms in total. The van der Waals surface area contributed by atoms with Gasteiger partial charge in [-0.2, -0.15) is 9.61 Å². The number of hydrogen-bond acceptors (Lipinski definition) is 9. The van der Waals surface area contributed by atoms with Crippen LogP contribution in [0.1, 0.15) is 69.4 Å². The molecule has 40 heavy (non-hydrogen) atoms. The van der Waals surface area contributed by atoms with Gasteiger partial charge in [-0.05, 0) is 61.3 Å². The van der Waals surface area contributed by atoms with Crippen LogP contribution in [0, 0.1) is 5.41 Å². The van der Waals surface area contributed by atoms with Crippen LogP contribution in [-0.4, -0.2) is 59.7 Å². The number of aliphatic hydroxyl groups is 2. The third-order valence-electron chi connectivity index (χ3n) is 8.07. The predicted octanol–water partition coefficient (Wildman–Crippen LogP) is 4.23. The number of ether oxygens (including phenoxy) is 1. The van der Waals surface area contributed by atoms with E-state index in [1.165, 1.54) is 10.8 Å². The summed E-state index contributed by atoms with van der Waals surface area (Å²) in [5.41, 5.74) is 8.65. The van der Waals surface area contributed by atoms with Crippen molar-refractivity contribution in [3.63, 3.8) is 0 Å². The first kappa shape index (κ1) is 27.7. The molecule has 1 fully saturated rings. The number of pyridine rings is 1. The number of fused-ring (bicyclic) bond motifs is 2. The zero-order valence-electron chi connectivity index (χ0n) is 23.0. The number of aromatic nitrogens is 5. The monoisotopic (exact) mass is 547 g/mol. The minimum atomic E-state index is -0.927. The summed E-state index contributed by atoms with van der Waals surface area (Å²) in [4.78, 5) is 24.9. The van der Waals surface area contributed by atoms with Gasteiger partial charge in [0.15, 0.2) is 5.65 Å². The number of hydrogen-bond donors (Lipinski definition) is 4. The van der Waals surface area contributed by atoms with Crippen LogP contribution in [0.25, 0.3) is 16.6 Å². The average Bonchev–Trinajstić information content (AvgIpc) is 3.47. The van der Waals surface area contributed by atoms with E-state index in [1.807, 2.05) is 25.1 Å². The molecule has 0 bridgehead atoms. The molecular weight excluding hydrogens is 510 g/mol. The molecule has 5 rings (SSSR count). The fraction of sp³-hybridized carbons (Fsp3) is 0.483. The second kappa shape index (κ2) is 11.7. The van der Waals surface area contributed by atoms with Gasteiger partial charge < -0.3 is 20.7 Å². The van der Waals surface area contributed by atoms with Crippen molar-refractivity contribution >= 4 is 34.4 Å². The van der Waals surface area contributed by atoms with Gasteiger partial charge in [0.1, 0.15) is 12.1 Å². The number of aryl methyl sites for hydroxylation is 1. The van der Waals surface area contributed by atoms with Gasteiger partial charge in [-0.1, -0.05) is 38.8 Å². The first-order chi connectivity index (χ1) is 19.3. The molecule has 1 saturated carbocycles. The molecule has 11 heteroatoms. The molecule has 1 aliphatic rings. The molecule has 4 atom stereocenters. The molecule has 1 amide bonds. The van der Waals surface area contributed by atoms with Crippen molar-refractivity contribution in [2.24, 2.45) is 5.41 Å². The number of benzene rings is 1. The Hall–Kier alpha value is -3.83. The largest absolute Gasteiger partial charge is 0.449 e. The fourth-order valence-electron chi connectivity index (χ4n) is 5.77. The number of carbonyl (C=O) groups excluding carboxylic acids is 1. The van der Waals surface area contributed by atoms with E-state index in [0.717, 1.165) is 60.6 Å². The lowest BCUT2D eigenvalue weighted by molar-refractivity contribution is -0.0208. The van der Waals surface area contributed by atoms with Gasteiger partial charge in [0.25, 0.3) is 0 Å². The minimum absolute atomic E-state index is 0.224. The number of amides is 1. The van der Waals surface area contributed by atoms with Gasteiger partial charge in [-0.25, -0.2) is 19.7 Å². The summed E-state index contributed by atoms with van der Waals surface area (Å²) in [6.45, 7) is 4.52. The van der Waals surface area contributed by atoms with E-state index in [4.69, 9.17) is 10.5 Å². The molecule has 0 aliphatic heterocycles. The number of anilines is 2. The second-order valence-electron chi connectivity index (χ2n) is 11.0.